The van der Waals surface area contributed by atoms with Crippen LogP contribution in [0.25, 0.3) is 0 Å². The molecule has 376 valence electrons. The van der Waals surface area contributed by atoms with E-state index in [0.717, 1.165) is 0 Å². The van der Waals surface area contributed by atoms with Gasteiger partial charge in [0.15, 0.2) is 0 Å². The molecule has 8 amide bonds. The van der Waals surface area contributed by atoms with Gasteiger partial charge in [-0.2, -0.15) is 0 Å². The van der Waals surface area contributed by atoms with Crippen LogP contribution in [0.4, 0.5) is 0 Å². The van der Waals surface area contributed by atoms with Crippen molar-refractivity contribution in [3.63, 3.8) is 0 Å². The van der Waals surface area contributed by atoms with Crippen LogP contribution < -0.4 is 48.7 Å². The molecular weight excluding hydrogens is 875 g/mol. The van der Waals surface area contributed by atoms with Crippen molar-refractivity contribution in [2.45, 2.75) is 162 Å². The molecule has 11 atom stereocenters. The standard InChI is InChI=1S/C45H73N9O13/c1-10-24(7)36(54-41(62)30(20-33(46)56)49-42(63)35(47)26(9)55)43(64)50-29(18-23(5)6)40(61)53-37(25(8)11-2)44(65)51-31(21-34(57)58)39(60)48-28(17-22(3)4)38(59)52-32(45(66)67)19-27-15-13-12-14-16-27/h12-16,22-26,28-32,35-37,55H,10-11,17-21,47H2,1-9H3,(H2,46,56)(H,48,60)(H,49,63)(H,50,64)(H,51,65)(H,52,59)(H,53,61)(H,54,62)(H,57,58)(H,66,67)/t24-,25-,26+,28-,29-,30-,31-,32-,35-,36-,37-/m0/s1. The van der Waals surface area contributed by atoms with Gasteiger partial charge in [0.05, 0.1) is 18.9 Å². The number of aliphatic carboxylic acids is 2. The van der Waals surface area contributed by atoms with Gasteiger partial charge in [-0.05, 0) is 49.0 Å². The molecule has 0 heterocycles. The molecule has 22 heteroatoms. The van der Waals surface area contributed by atoms with Crippen molar-refractivity contribution < 1.29 is 63.3 Å². The number of carbonyl (C=O) groups is 10. The number of carbonyl (C=O) groups excluding carboxylic acids is 8. The SMILES string of the molecule is CC[C@H](C)[C@H](NC(=O)[C@H](CC(C)C)NC(=O)[C@@H](NC(=O)[C@H](CC(N)=O)NC(=O)[C@@H](N)[C@@H](C)O)[C@@H](C)CC)C(=O)N[C@@H](CC(=O)O)C(=O)N[C@@H](CC(C)C)C(=O)N[C@@H](Cc1ccccc1)C(=O)O. The van der Waals surface area contributed by atoms with Crippen LogP contribution in [0.15, 0.2) is 30.3 Å². The third-order valence-electron chi connectivity index (χ3n) is 11.0. The summed E-state index contributed by atoms with van der Waals surface area (Å²) < 4.78 is 0. The Kier molecular flexibility index (Phi) is 25.3. The second-order valence-corrected chi connectivity index (χ2v) is 17.9. The van der Waals surface area contributed by atoms with Gasteiger partial charge in [0.1, 0.15) is 48.3 Å². The lowest BCUT2D eigenvalue weighted by Gasteiger charge is -2.31. The van der Waals surface area contributed by atoms with Crippen molar-refractivity contribution in [1.29, 1.82) is 0 Å². The summed E-state index contributed by atoms with van der Waals surface area (Å²) >= 11 is 0. The fourth-order valence-corrected chi connectivity index (χ4v) is 6.72. The first-order chi connectivity index (χ1) is 31.2. The molecule has 0 radical (unpaired) electrons. The molecule has 0 spiro atoms. The number of carboxylic acids is 2. The predicted molar refractivity (Wildman–Crippen MR) is 245 cm³/mol. The largest absolute Gasteiger partial charge is 0.481 e. The van der Waals surface area contributed by atoms with E-state index in [-0.39, 0.29) is 31.1 Å². The van der Waals surface area contributed by atoms with E-state index in [2.05, 4.69) is 37.2 Å². The fraction of sp³-hybridized carbons (Fsp3) is 0.644. The van der Waals surface area contributed by atoms with E-state index in [9.17, 15) is 63.3 Å². The minimum atomic E-state index is -1.77. The van der Waals surface area contributed by atoms with E-state index < -0.39 is 138 Å². The lowest BCUT2D eigenvalue weighted by atomic mass is 9.95. The van der Waals surface area contributed by atoms with Gasteiger partial charge in [-0.3, -0.25) is 43.2 Å². The van der Waals surface area contributed by atoms with E-state index in [4.69, 9.17) is 11.5 Å². The Balaban J connectivity index is 3.42. The third kappa shape index (κ3) is 20.9. The average molecular weight is 948 g/mol. The zero-order chi connectivity index (χ0) is 51.3. The van der Waals surface area contributed by atoms with Crippen LogP contribution in [-0.2, 0) is 54.4 Å². The van der Waals surface area contributed by atoms with Crippen molar-refractivity contribution in [1.82, 2.24) is 37.2 Å². The first kappa shape index (κ1) is 58.9. The van der Waals surface area contributed by atoms with E-state index in [1.807, 2.05) is 0 Å². The number of amides is 8. The summed E-state index contributed by atoms with van der Waals surface area (Å²) in [6.45, 7) is 15.0. The zero-order valence-corrected chi connectivity index (χ0v) is 39.9. The number of hydrogen-bond donors (Lipinski definition) is 12. The molecule has 0 unspecified atom stereocenters. The second-order valence-electron chi connectivity index (χ2n) is 17.9. The normalized spacial score (nSPS) is 16.2. The van der Waals surface area contributed by atoms with Crippen LogP contribution in [0, 0.1) is 23.7 Å². The Hall–Kier alpha value is -6.16. The van der Waals surface area contributed by atoms with Crippen molar-refractivity contribution in [2.24, 2.45) is 35.1 Å². The number of rotatable bonds is 30. The second kappa shape index (κ2) is 28.8. The summed E-state index contributed by atoms with van der Waals surface area (Å²) in [4.78, 5) is 131. The van der Waals surface area contributed by atoms with Gasteiger partial charge < -0.3 is 64.0 Å². The van der Waals surface area contributed by atoms with Crippen LogP contribution >= 0.6 is 0 Å². The Morgan fingerprint density at radius 3 is 1.30 bits per heavy atom. The van der Waals surface area contributed by atoms with Crippen LogP contribution in [0.1, 0.15) is 106 Å². The van der Waals surface area contributed by atoms with Crippen LogP contribution in [0.3, 0.4) is 0 Å². The summed E-state index contributed by atoms with van der Waals surface area (Å²) in [5, 5.41) is 46.8. The van der Waals surface area contributed by atoms with Gasteiger partial charge in [-0.1, -0.05) is 98.6 Å². The van der Waals surface area contributed by atoms with Crippen LogP contribution in [0.2, 0.25) is 0 Å². The molecule has 0 saturated heterocycles. The molecule has 1 aromatic rings. The summed E-state index contributed by atoms with van der Waals surface area (Å²) in [5.41, 5.74) is 11.6. The topological polar surface area (TPSA) is 368 Å². The van der Waals surface area contributed by atoms with Crippen molar-refractivity contribution >= 4 is 59.2 Å². The molecule has 0 aromatic heterocycles. The Morgan fingerprint density at radius 1 is 0.522 bits per heavy atom. The first-order valence-corrected chi connectivity index (χ1v) is 22.6. The maximum absolute atomic E-state index is 14.1. The molecule has 0 aliphatic carbocycles. The number of nitrogens with two attached hydrogens (primary N) is 2. The van der Waals surface area contributed by atoms with Crippen molar-refractivity contribution in [2.75, 3.05) is 0 Å². The third-order valence-corrected chi connectivity index (χ3v) is 11.0. The predicted octanol–water partition coefficient (Wildman–Crippen LogP) is -1.05. The number of carboxylic acid groups (broad SMARTS) is 2. The quantitative estimate of drug-likeness (QED) is 0.0438. The van der Waals surface area contributed by atoms with Gasteiger partial charge in [0.2, 0.25) is 47.3 Å². The highest BCUT2D eigenvalue weighted by Gasteiger charge is 2.38. The lowest BCUT2D eigenvalue weighted by Crippen LogP contribution is -2.62. The molecule has 67 heavy (non-hydrogen) atoms. The van der Waals surface area contributed by atoms with Crippen molar-refractivity contribution in [3.05, 3.63) is 35.9 Å². The summed E-state index contributed by atoms with van der Waals surface area (Å²) in [6, 6.07) is -3.03. The Labute approximate surface area is 391 Å². The van der Waals surface area contributed by atoms with Gasteiger partial charge in [0, 0.05) is 6.42 Å². The number of aliphatic hydroxyl groups is 1. The molecule has 0 fully saturated rings. The van der Waals surface area contributed by atoms with E-state index in [1.54, 1.807) is 85.7 Å². The smallest absolute Gasteiger partial charge is 0.326 e. The Bertz CT molecular complexity index is 1860. The maximum Gasteiger partial charge on any atom is 0.326 e. The monoisotopic (exact) mass is 948 g/mol. The van der Waals surface area contributed by atoms with E-state index >= 15 is 0 Å². The summed E-state index contributed by atoms with van der Waals surface area (Å²) in [7, 11) is 0. The lowest BCUT2D eigenvalue weighted by molar-refractivity contribution is -0.143. The number of nitrogens with one attached hydrogen (secondary N) is 7. The number of aliphatic hydroxyl groups excluding tert-OH is 1. The molecule has 0 bridgehead atoms. The van der Waals surface area contributed by atoms with Crippen molar-refractivity contribution in [3.8, 4) is 0 Å². The minimum absolute atomic E-state index is 0.0161. The average Bonchev–Trinajstić information content (AvgIpc) is 3.24. The van der Waals surface area contributed by atoms with E-state index in [1.165, 1.54) is 6.92 Å². The zero-order valence-electron chi connectivity index (χ0n) is 39.9. The number of benzene rings is 1. The Morgan fingerprint density at radius 2 is 0.896 bits per heavy atom. The molecule has 1 aromatic carbocycles. The number of primary amides is 1. The molecular formula is C45H73N9O13. The first-order valence-electron chi connectivity index (χ1n) is 22.6. The minimum Gasteiger partial charge on any atom is -0.481 e. The molecule has 14 N–H and O–H groups in total. The highest BCUT2D eigenvalue weighted by molar-refractivity contribution is 5.99. The fourth-order valence-electron chi connectivity index (χ4n) is 6.72. The van der Waals surface area contributed by atoms with Gasteiger partial charge in [-0.15, -0.1) is 0 Å². The molecule has 0 saturated carbocycles. The molecule has 22 nitrogen and oxygen atoms in total. The maximum atomic E-state index is 14.1. The molecule has 0 aliphatic heterocycles. The molecule has 1 rings (SSSR count). The van der Waals surface area contributed by atoms with Gasteiger partial charge >= 0.3 is 11.9 Å². The number of hydrogen-bond acceptors (Lipinski definition) is 12. The molecule has 0 aliphatic rings. The van der Waals surface area contributed by atoms with E-state index in [0.29, 0.717) is 18.4 Å². The van der Waals surface area contributed by atoms with Gasteiger partial charge in [0.25, 0.3) is 0 Å². The summed E-state index contributed by atoms with van der Waals surface area (Å²) in [6.07, 6.45) is -2.31. The highest BCUT2D eigenvalue weighted by atomic mass is 16.4. The van der Waals surface area contributed by atoms with Gasteiger partial charge in [-0.25, -0.2) is 4.79 Å². The van der Waals surface area contributed by atoms with Crippen LogP contribution in [0.5, 0.6) is 0 Å². The summed E-state index contributed by atoms with van der Waals surface area (Å²) in [5.74, 6) is -11.9. The highest BCUT2D eigenvalue weighted by Crippen LogP contribution is 2.15. The van der Waals surface area contributed by atoms with Crippen LogP contribution in [-0.4, -0.2) is 129 Å².